The average Bonchev–Trinajstić information content (AvgIpc) is 2.34. The third kappa shape index (κ3) is 2.65. The Kier molecular flexibility index (Phi) is 3.88. The van der Waals surface area contributed by atoms with Crippen LogP contribution in [0.25, 0.3) is 0 Å². The van der Waals surface area contributed by atoms with Gasteiger partial charge in [-0.15, -0.1) is 0 Å². The van der Waals surface area contributed by atoms with Gasteiger partial charge in [0.1, 0.15) is 5.82 Å². The summed E-state index contributed by atoms with van der Waals surface area (Å²) in [7, 11) is 0. The predicted molar refractivity (Wildman–Crippen MR) is 65.8 cm³/mol. The van der Waals surface area contributed by atoms with Crippen molar-refractivity contribution in [3.8, 4) is 0 Å². The van der Waals surface area contributed by atoms with Crippen molar-refractivity contribution in [2.45, 2.75) is 19.5 Å². The third-order valence-corrected chi connectivity index (χ3v) is 3.29. The SMILES string of the molecule is C[C@@H]1CNCCN1Cc1c(F)cccc1[N+](=O)[O-]. The molecule has 0 unspecified atom stereocenters. The number of rotatable bonds is 3. The van der Waals surface area contributed by atoms with Gasteiger partial charge in [-0.25, -0.2) is 4.39 Å². The zero-order valence-electron chi connectivity index (χ0n) is 10.2. The first-order chi connectivity index (χ1) is 8.59. The van der Waals surface area contributed by atoms with Crippen molar-refractivity contribution >= 4 is 5.69 Å². The van der Waals surface area contributed by atoms with E-state index in [4.69, 9.17) is 0 Å². The van der Waals surface area contributed by atoms with E-state index in [0.29, 0.717) is 0 Å². The molecular weight excluding hydrogens is 237 g/mol. The van der Waals surface area contributed by atoms with Gasteiger partial charge in [0, 0.05) is 38.3 Å². The second-order valence-corrected chi connectivity index (χ2v) is 4.52. The van der Waals surface area contributed by atoms with Crippen LogP contribution in [-0.2, 0) is 6.54 Å². The summed E-state index contributed by atoms with van der Waals surface area (Å²) in [6.45, 7) is 4.73. The molecule has 0 amide bonds. The minimum Gasteiger partial charge on any atom is -0.314 e. The van der Waals surface area contributed by atoms with Crippen LogP contribution in [0.15, 0.2) is 18.2 Å². The summed E-state index contributed by atoms with van der Waals surface area (Å²) in [5.41, 5.74) is 0.0389. The molecule has 1 saturated heterocycles. The Labute approximate surface area is 105 Å². The molecule has 98 valence electrons. The van der Waals surface area contributed by atoms with Crippen molar-refractivity contribution < 1.29 is 9.31 Å². The first-order valence-corrected chi connectivity index (χ1v) is 5.96. The summed E-state index contributed by atoms with van der Waals surface area (Å²) >= 11 is 0. The molecule has 1 N–H and O–H groups in total. The Morgan fingerprint density at radius 1 is 1.61 bits per heavy atom. The zero-order valence-corrected chi connectivity index (χ0v) is 10.2. The molecule has 5 nitrogen and oxygen atoms in total. The Morgan fingerprint density at radius 3 is 3.06 bits per heavy atom. The first kappa shape index (κ1) is 12.9. The minimum atomic E-state index is -0.523. The van der Waals surface area contributed by atoms with Gasteiger partial charge in [-0.1, -0.05) is 6.07 Å². The number of piperazine rings is 1. The van der Waals surface area contributed by atoms with Gasteiger partial charge >= 0.3 is 0 Å². The van der Waals surface area contributed by atoms with Gasteiger partial charge in [-0.2, -0.15) is 0 Å². The highest BCUT2D eigenvalue weighted by Gasteiger charge is 2.24. The topological polar surface area (TPSA) is 58.4 Å². The minimum absolute atomic E-state index is 0.138. The highest BCUT2D eigenvalue weighted by molar-refractivity contribution is 5.40. The number of nitrogens with one attached hydrogen (secondary N) is 1. The molecule has 0 saturated carbocycles. The van der Waals surface area contributed by atoms with Gasteiger partial charge in [0.05, 0.1) is 10.5 Å². The highest BCUT2D eigenvalue weighted by atomic mass is 19.1. The van der Waals surface area contributed by atoms with E-state index in [-0.39, 0.29) is 23.8 Å². The highest BCUT2D eigenvalue weighted by Crippen LogP contribution is 2.23. The molecule has 0 radical (unpaired) electrons. The van der Waals surface area contributed by atoms with Crippen molar-refractivity contribution in [3.05, 3.63) is 39.7 Å². The van der Waals surface area contributed by atoms with E-state index >= 15 is 0 Å². The molecule has 6 heteroatoms. The lowest BCUT2D eigenvalue weighted by atomic mass is 10.1. The molecule has 1 fully saturated rings. The molecule has 1 aliphatic rings. The summed E-state index contributed by atoms with van der Waals surface area (Å²) in [4.78, 5) is 12.4. The quantitative estimate of drug-likeness (QED) is 0.655. The third-order valence-electron chi connectivity index (χ3n) is 3.29. The average molecular weight is 253 g/mol. The molecule has 1 heterocycles. The monoisotopic (exact) mass is 253 g/mol. The van der Waals surface area contributed by atoms with Crippen LogP contribution < -0.4 is 5.32 Å². The van der Waals surface area contributed by atoms with Crippen molar-refractivity contribution in [1.29, 1.82) is 0 Å². The molecule has 1 aromatic rings. The molecule has 0 spiro atoms. The maximum atomic E-state index is 13.7. The number of benzene rings is 1. The van der Waals surface area contributed by atoms with Crippen molar-refractivity contribution in [2.24, 2.45) is 0 Å². The van der Waals surface area contributed by atoms with Crippen molar-refractivity contribution in [2.75, 3.05) is 19.6 Å². The van der Waals surface area contributed by atoms with Crippen LogP contribution in [0.3, 0.4) is 0 Å². The number of hydrogen-bond acceptors (Lipinski definition) is 4. The standard InChI is InChI=1S/C12H16FN3O2/c1-9-7-14-5-6-15(9)8-10-11(13)3-2-4-12(10)16(17)18/h2-4,9,14H,5-8H2,1H3/t9-/m1/s1. The molecule has 1 aromatic carbocycles. The van der Waals surface area contributed by atoms with E-state index in [2.05, 4.69) is 10.2 Å². The van der Waals surface area contributed by atoms with E-state index in [1.54, 1.807) is 0 Å². The van der Waals surface area contributed by atoms with Crippen molar-refractivity contribution in [3.63, 3.8) is 0 Å². The Hall–Kier alpha value is -1.53. The Bertz CT molecular complexity index is 453. The van der Waals surface area contributed by atoms with Crippen LogP contribution in [0.1, 0.15) is 12.5 Å². The maximum absolute atomic E-state index is 13.7. The molecule has 0 bridgehead atoms. The summed E-state index contributed by atoms with van der Waals surface area (Å²) in [5, 5.41) is 14.1. The van der Waals surface area contributed by atoms with Gasteiger partial charge < -0.3 is 5.32 Å². The van der Waals surface area contributed by atoms with Gasteiger partial charge in [-0.3, -0.25) is 15.0 Å². The smallest absolute Gasteiger partial charge is 0.276 e. The summed E-state index contributed by atoms with van der Waals surface area (Å²) < 4.78 is 13.7. The van der Waals surface area contributed by atoms with Gasteiger partial charge in [0.15, 0.2) is 0 Å². The van der Waals surface area contributed by atoms with Crippen LogP contribution in [0, 0.1) is 15.9 Å². The van der Waals surface area contributed by atoms with E-state index < -0.39 is 10.7 Å². The number of nitro benzene ring substituents is 1. The first-order valence-electron chi connectivity index (χ1n) is 5.96. The normalized spacial score (nSPS) is 20.9. The summed E-state index contributed by atoms with van der Waals surface area (Å²) in [6, 6.07) is 4.25. The van der Waals surface area contributed by atoms with Gasteiger partial charge in [0.25, 0.3) is 5.69 Å². The van der Waals surface area contributed by atoms with Crippen LogP contribution in [0.4, 0.5) is 10.1 Å². The Morgan fingerprint density at radius 2 is 2.39 bits per heavy atom. The van der Waals surface area contributed by atoms with Crippen molar-refractivity contribution in [1.82, 2.24) is 10.2 Å². The molecule has 1 aliphatic heterocycles. The lowest BCUT2D eigenvalue weighted by molar-refractivity contribution is -0.386. The molecule has 0 aliphatic carbocycles. The lowest BCUT2D eigenvalue weighted by Gasteiger charge is -2.33. The van der Waals surface area contributed by atoms with E-state index in [9.17, 15) is 14.5 Å². The second-order valence-electron chi connectivity index (χ2n) is 4.52. The maximum Gasteiger partial charge on any atom is 0.276 e. The van der Waals surface area contributed by atoms with Gasteiger partial charge in [0.2, 0.25) is 0 Å². The van der Waals surface area contributed by atoms with E-state index in [0.717, 1.165) is 19.6 Å². The fourth-order valence-corrected chi connectivity index (χ4v) is 2.20. The summed E-state index contributed by atoms with van der Waals surface area (Å²) in [6.07, 6.45) is 0. The van der Waals surface area contributed by atoms with Crippen LogP contribution >= 0.6 is 0 Å². The Balaban J connectivity index is 2.24. The zero-order chi connectivity index (χ0) is 13.1. The largest absolute Gasteiger partial charge is 0.314 e. The fourth-order valence-electron chi connectivity index (χ4n) is 2.20. The van der Waals surface area contributed by atoms with E-state index in [1.807, 2.05) is 6.92 Å². The molecule has 0 aromatic heterocycles. The van der Waals surface area contributed by atoms with E-state index in [1.165, 1.54) is 18.2 Å². The molecular formula is C12H16FN3O2. The summed E-state index contributed by atoms with van der Waals surface area (Å²) in [5.74, 6) is -0.505. The van der Waals surface area contributed by atoms with Crippen LogP contribution in [-0.4, -0.2) is 35.5 Å². The number of nitrogens with zero attached hydrogens (tertiary/aromatic N) is 2. The van der Waals surface area contributed by atoms with Crippen LogP contribution in [0.5, 0.6) is 0 Å². The van der Waals surface area contributed by atoms with Crippen LogP contribution in [0.2, 0.25) is 0 Å². The second kappa shape index (κ2) is 5.41. The molecule has 18 heavy (non-hydrogen) atoms. The number of hydrogen-bond donors (Lipinski definition) is 1. The number of nitro groups is 1. The lowest BCUT2D eigenvalue weighted by Crippen LogP contribution is -2.49. The van der Waals surface area contributed by atoms with Gasteiger partial charge in [-0.05, 0) is 13.0 Å². The predicted octanol–water partition coefficient (Wildman–Crippen LogP) is 1.53. The fraction of sp³-hybridized carbons (Fsp3) is 0.500. The number of halogens is 1. The molecule has 2 rings (SSSR count). The molecule has 1 atom stereocenters.